The Bertz CT molecular complexity index is 467. The highest BCUT2D eigenvalue weighted by atomic mass is 35.5. The van der Waals surface area contributed by atoms with Gasteiger partial charge in [0.05, 0.1) is 12.0 Å². The molecular weight excluding hydrogens is 236 g/mol. The van der Waals surface area contributed by atoms with Gasteiger partial charge in [-0.05, 0) is 29.7 Å². The highest BCUT2D eigenvalue weighted by Crippen LogP contribution is 2.37. The first-order valence-corrected chi connectivity index (χ1v) is 5.97. The Balaban J connectivity index is 2.35. The molecule has 1 aromatic rings. The van der Waals surface area contributed by atoms with E-state index in [4.69, 9.17) is 16.3 Å². The van der Waals surface area contributed by atoms with Crippen LogP contribution in [0.1, 0.15) is 18.1 Å². The summed E-state index contributed by atoms with van der Waals surface area (Å²) >= 11 is 6.48. The number of benzene rings is 1. The normalized spacial score (nSPS) is 23.9. The third-order valence-corrected chi connectivity index (χ3v) is 3.92. The summed E-state index contributed by atoms with van der Waals surface area (Å²) in [4.78, 5) is 10.3. The maximum absolute atomic E-state index is 10.9. The minimum atomic E-state index is -0.594. The first kappa shape index (κ1) is 12.2. The lowest BCUT2D eigenvalue weighted by Crippen LogP contribution is -2.33. The quantitative estimate of drug-likeness (QED) is 0.609. The van der Waals surface area contributed by atoms with Crippen molar-refractivity contribution < 1.29 is 9.53 Å². The van der Waals surface area contributed by atoms with E-state index >= 15 is 0 Å². The van der Waals surface area contributed by atoms with E-state index in [0.717, 1.165) is 23.2 Å². The summed E-state index contributed by atoms with van der Waals surface area (Å²) in [5.41, 5.74) is 2.26. The van der Waals surface area contributed by atoms with Gasteiger partial charge in [0.25, 0.3) is 0 Å². The summed E-state index contributed by atoms with van der Waals surface area (Å²) in [7, 11) is 1.65. The largest absolute Gasteiger partial charge is 0.497 e. The lowest BCUT2D eigenvalue weighted by molar-refractivity contribution is -0.111. The minimum Gasteiger partial charge on any atom is -0.497 e. The molecule has 0 fully saturated rings. The molecule has 2 unspecified atom stereocenters. The summed E-state index contributed by atoms with van der Waals surface area (Å²) in [6.45, 7) is 1.85. The summed E-state index contributed by atoms with van der Waals surface area (Å²) in [5.74, 6) is 0.634. The van der Waals surface area contributed by atoms with Crippen molar-refractivity contribution in [3.05, 3.63) is 35.4 Å². The number of ether oxygens (including phenoxy) is 1. The fourth-order valence-corrected chi connectivity index (χ4v) is 2.28. The Hall–Kier alpha value is -1.28. The van der Waals surface area contributed by atoms with Gasteiger partial charge in [0.15, 0.2) is 0 Å². The SMILES string of the molecule is COc1ccc2c(c1)C=CC(Cl)(C(C)C=O)C2. The molecule has 2 rings (SSSR count). The summed E-state index contributed by atoms with van der Waals surface area (Å²) < 4.78 is 5.18. The maximum Gasteiger partial charge on any atom is 0.124 e. The summed E-state index contributed by atoms with van der Waals surface area (Å²) in [6, 6.07) is 5.90. The molecule has 3 heteroatoms. The van der Waals surface area contributed by atoms with Gasteiger partial charge in [-0.1, -0.05) is 25.1 Å². The Morgan fingerprint density at radius 3 is 2.94 bits per heavy atom. The van der Waals surface area contributed by atoms with Crippen molar-refractivity contribution in [3.8, 4) is 5.75 Å². The number of allylic oxidation sites excluding steroid dienone is 1. The van der Waals surface area contributed by atoms with Crippen LogP contribution in [0.4, 0.5) is 0 Å². The van der Waals surface area contributed by atoms with Crippen LogP contribution in [-0.2, 0) is 11.2 Å². The Kier molecular flexibility index (Phi) is 3.25. The predicted octanol–water partition coefficient (Wildman–Crippen LogP) is 3.08. The Morgan fingerprint density at radius 1 is 1.53 bits per heavy atom. The van der Waals surface area contributed by atoms with Crippen LogP contribution in [0.3, 0.4) is 0 Å². The lowest BCUT2D eigenvalue weighted by atomic mass is 9.82. The van der Waals surface area contributed by atoms with Gasteiger partial charge in [0.1, 0.15) is 12.0 Å². The first-order valence-electron chi connectivity index (χ1n) is 5.59. The van der Waals surface area contributed by atoms with Gasteiger partial charge in [-0.2, -0.15) is 0 Å². The molecule has 0 aliphatic heterocycles. The molecule has 0 aromatic heterocycles. The van der Waals surface area contributed by atoms with E-state index in [9.17, 15) is 4.79 Å². The lowest BCUT2D eigenvalue weighted by Gasteiger charge is -2.30. The van der Waals surface area contributed by atoms with E-state index in [2.05, 4.69) is 0 Å². The molecule has 90 valence electrons. The van der Waals surface area contributed by atoms with E-state index < -0.39 is 4.87 Å². The Labute approximate surface area is 106 Å². The fourth-order valence-electron chi connectivity index (χ4n) is 2.02. The van der Waals surface area contributed by atoms with Crippen LogP contribution in [0.2, 0.25) is 0 Å². The van der Waals surface area contributed by atoms with Crippen molar-refractivity contribution in [1.82, 2.24) is 0 Å². The van der Waals surface area contributed by atoms with Crippen molar-refractivity contribution in [1.29, 1.82) is 0 Å². The highest BCUT2D eigenvalue weighted by Gasteiger charge is 2.34. The number of methoxy groups -OCH3 is 1. The molecule has 0 heterocycles. The second-order valence-corrected chi connectivity index (χ2v) is 5.13. The Morgan fingerprint density at radius 2 is 2.29 bits per heavy atom. The maximum atomic E-state index is 10.9. The average molecular weight is 251 g/mol. The van der Waals surface area contributed by atoms with Crippen molar-refractivity contribution in [2.24, 2.45) is 5.92 Å². The van der Waals surface area contributed by atoms with E-state index in [1.165, 1.54) is 0 Å². The number of alkyl halides is 1. The van der Waals surface area contributed by atoms with Crippen LogP contribution in [-0.4, -0.2) is 18.3 Å². The van der Waals surface area contributed by atoms with E-state index in [1.54, 1.807) is 7.11 Å². The summed E-state index contributed by atoms with van der Waals surface area (Å²) in [6.07, 6.45) is 5.46. The van der Waals surface area contributed by atoms with E-state index in [-0.39, 0.29) is 5.92 Å². The van der Waals surface area contributed by atoms with Gasteiger partial charge in [-0.25, -0.2) is 0 Å². The molecule has 0 radical (unpaired) electrons. The second kappa shape index (κ2) is 4.53. The van der Waals surface area contributed by atoms with Crippen LogP contribution >= 0.6 is 11.6 Å². The second-order valence-electron chi connectivity index (χ2n) is 4.43. The molecule has 0 saturated heterocycles. The number of rotatable bonds is 3. The highest BCUT2D eigenvalue weighted by molar-refractivity contribution is 6.27. The molecule has 0 bridgehead atoms. The predicted molar refractivity (Wildman–Crippen MR) is 69.5 cm³/mol. The molecule has 0 spiro atoms. The summed E-state index contributed by atoms with van der Waals surface area (Å²) in [5, 5.41) is 0. The van der Waals surface area contributed by atoms with Crippen molar-refractivity contribution in [3.63, 3.8) is 0 Å². The average Bonchev–Trinajstić information content (AvgIpc) is 2.37. The molecule has 1 aliphatic carbocycles. The zero-order chi connectivity index (χ0) is 12.5. The number of hydrogen-bond acceptors (Lipinski definition) is 2. The number of hydrogen-bond donors (Lipinski definition) is 0. The third-order valence-electron chi connectivity index (χ3n) is 3.32. The van der Waals surface area contributed by atoms with Gasteiger partial charge < -0.3 is 9.53 Å². The molecule has 2 nitrogen and oxygen atoms in total. The van der Waals surface area contributed by atoms with Gasteiger partial charge >= 0.3 is 0 Å². The monoisotopic (exact) mass is 250 g/mol. The van der Waals surface area contributed by atoms with Gasteiger partial charge in [0.2, 0.25) is 0 Å². The van der Waals surface area contributed by atoms with Crippen molar-refractivity contribution in [2.75, 3.05) is 7.11 Å². The van der Waals surface area contributed by atoms with Crippen LogP contribution in [0.15, 0.2) is 24.3 Å². The van der Waals surface area contributed by atoms with Crippen LogP contribution < -0.4 is 4.74 Å². The minimum absolute atomic E-state index is 0.198. The first-order chi connectivity index (χ1) is 8.09. The molecule has 17 heavy (non-hydrogen) atoms. The number of halogens is 1. The molecule has 1 aliphatic rings. The molecule has 2 atom stereocenters. The van der Waals surface area contributed by atoms with Crippen molar-refractivity contribution in [2.45, 2.75) is 18.2 Å². The van der Waals surface area contributed by atoms with E-state index in [0.29, 0.717) is 6.42 Å². The topological polar surface area (TPSA) is 26.3 Å². The molecule has 1 aromatic carbocycles. The standard InChI is InChI=1S/C14H15ClO2/c1-10(9-16)14(15)6-5-11-7-13(17-2)4-3-12(11)8-14/h3-7,9-10H,8H2,1-2H3. The molecule has 0 saturated carbocycles. The fraction of sp³-hybridized carbons (Fsp3) is 0.357. The van der Waals surface area contributed by atoms with Crippen LogP contribution in [0.25, 0.3) is 6.08 Å². The van der Waals surface area contributed by atoms with Gasteiger partial charge in [0, 0.05) is 5.92 Å². The number of carbonyl (C=O) groups is 1. The van der Waals surface area contributed by atoms with Crippen LogP contribution in [0.5, 0.6) is 5.75 Å². The van der Waals surface area contributed by atoms with Gasteiger partial charge in [-0.3, -0.25) is 0 Å². The molecular formula is C14H15ClO2. The zero-order valence-corrected chi connectivity index (χ0v) is 10.7. The number of fused-ring (bicyclic) bond motifs is 1. The molecule has 0 N–H and O–H groups in total. The molecule has 0 amide bonds. The van der Waals surface area contributed by atoms with Crippen LogP contribution in [0, 0.1) is 5.92 Å². The van der Waals surface area contributed by atoms with Crippen molar-refractivity contribution >= 4 is 24.0 Å². The van der Waals surface area contributed by atoms with E-state index in [1.807, 2.05) is 37.3 Å². The van der Waals surface area contributed by atoms with Gasteiger partial charge in [-0.15, -0.1) is 11.6 Å². The zero-order valence-electron chi connectivity index (χ0n) is 9.94. The number of aldehydes is 1. The third kappa shape index (κ3) is 2.22. The smallest absolute Gasteiger partial charge is 0.124 e. The number of carbonyl (C=O) groups excluding carboxylic acids is 1.